The molecule has 1 aliphatic heterocycles. The average molecular weight is 411 g/mol. The van der Waals surface area contributed by atoms with E-state index in [1.807, 2.05) is 42.2 Å². The summed E-state index contributed by atoms with van der Waals surface area (Å²) in [6.45, 7) is 4.49. The molecule has 0 unspecified atom stereocenters. The molecule has 4 nitrogen and oxygen atoms in total. The highest BCUT2D eigenvalue weighted by Crippen LogP contribution is 2.24. The topological polar surface area (TPSA) is 30.9 Å². The predicted octanol–water partition coefficient (Wildman–Crippen LogP) is 4.14. The van der Waals surface area contributed by atoms with Gasteiger partial charge in [0.15, 0.2) is 12.4 Å². The molecule has 0 radical (unpaired) electrons. The quantitative estimate of drug-likeness (QED) is 0.280. The smallest absolute Gasteiger partial charge is 0.169 e. The van der Waals surface area contributed by atoms with Gasteiger partial charge in [-0.05, 0) is 40.5 Å². The lowest BCUT2D eigenvalue weighted by Gasteiger charge is -2.40. The minimum absolute atomic E-state index is 0.677. The SMILES string of the molecule is C[n+]1ccc(-c2ccc(/C(C#N)=C/c3ccc(N4CC[N+](C)(C)CC4)cc3)cc2)cc1. The highest BCUT2D eigenvalue weighted by Gasteiger charge is 2.24. The summed E-state index contributed by atoms with van der Waals surface area (Å²) in [5.41, 5.74) is 6.24. The molecular formula is C27H30N4+2. The third kappa shape index (κ3) is 5.02. The zero-order valence-corrected chi connectivity index (χ0v) is 18.6. The molecule has 1 saturated heterocycles. The molecule has 1 fully saturated rings. The van der Waals surface area contributed by atoms with Crippen molar-refractivity contribution < 1.29 is 9.05 Å². The Hall–Kier alpha value is -3.42. The summed E-state index contributed by atoms with van der Waals surface area (Å²) in [5.74, 6) is 0. The first-order valence-electron chi connectivity index (χ1n) is 10.8. The van der Waals surface area contributed by atoms with Crippen LogP contribution >= 0.6 is 0 Å². The third-order valence-electron chi connectivity index (χ3n) is 6.15. The van der Waals surface area contributed by atoms with E-state index in [-0.39, 0.29) is 0 Å². The number of quaternary nitrogens is 1. The van der Waals surface area contributed by atoms with Gasteiger partial charge in [0, 0.05) is 17.8 Å². The molecule has 1 aromatic heterocycles. The summed E-state index contributed by atoms with van der Waals surface area (Å²) in [7, 11) is 6.60. The molecule has 0 amide bonds. The first-order chi connectivity index (χ1) is 14.9. The maximum atomic E-state index is 9.73. The number of aryl methyl sites for hydroxylation is 1. The normalized spacial score (nSPS) is 16.1. The van der Waals surface area contributed by atoms with Crippen molar-refractivity contribution in [2.45, 2.75) is 0 Å². The number of anilines is 1. The summed E-state index contributed by atoms with van der Waals surface area (Å²) >= 11 is 0. The molecule has 4 heteroatoms. The molecule has 3 aromatic rings. The predicted molar refractivity (Wildman–Crippen MR) is 127 cm³/mol. The van der Waals surface area contributed by atoms with Crippen LogP contribution in [0.1, 0.15) is 11.1 Å². The van der Waals surface area contributed by atoms with Gasteiger partial charge in [-0.1, -0.05) is 36.4 Å². The van der Waals surface area contributed by atoms with Gasteiger partial charge < -0.3 is 9.38 Å². The average Bonchev–Trinajstić information content (AvgIpc) is 2.79. The Labute approximate surface area is 185 Å². The van der Waals surface area contributed by atoms with Crippen molar-refractivity contribution in [1.29, 1.82) is 5.26 Å². The van der Waals surface area contributed by atoms with E-state index in [4.69, 9.17) is 0 Å². The molecule has 0 aliphatic carbocycles. The summed E-state index contributed by atoms with van der Waals surface area (Å²) < 4.78 is 3.11. The van der Waals surface area contributed by atoms with Gasteiger partial charge in [-0.15, -0.1) is 0 Å². The number of pyridine rings is 1. The van der Waals surface area contributed by atoms with E-state index in [1.165, 1.54) is 11.3 Å². The van der Waals surface area contributed by atoms with Crippen molar-refractivity contribution in [3.8, 4) is 17.2 Å². The van der Waals surface area contributed by atoms with Crippen LogP contribution in [0.5, 0.6) is 0 Å². The van der Waals surface area contributed by atoms with Gasteiger partial charge in [0.05, 0.1) is 51.9 Å². The molecule has 0 N–H and O–H groups in total. The van der Waals surface area contributed by atoms with E-state index in [9.17, 15) is 5.26 Å². The summed E-state index contributed by atoms with van der Waals surface area (Å²) in [6.07, 6.45) is 6.05. The molecule has 0 spiro atoms. The molecule has 0 bridgehead atoms. The van der Waals surface area contributed by atoms with Gasteiger partial charge in [-0.25, -0.2) is 4.57 Å². The van der Waals surface area contributed by atoms with Crippen molar-refractivity contribution >= 4 is 17.3 Å². The Balaban J connectivity index is 1.49. The van der Waals surface area contributed by atoms with E-state index in [0.29, 0.717) is 5.57 Å². The van der Waals surface area contributed by atoms with Gasteiger partial charge in [0.25, 0.3) is 0 Å². The highest BCUT2D eigenvalue weighted by molar-refractivity contribution is 5.90. The fourth-order valence-corrected chi connectivity index (χ4v) is 3.93. The van der Waals surface area contributed by atoms with Crippen molar-refractivity contribution in [2.24, 2.45) is 7.05 Å². The van der Waals surface area contributed by atoms with Crippen molar-refractivity contribution in [1.82, 2.24) is 0 Å². The van der Waals surface area contributed by atoms with Gasteiger partial charge in [0.1, 0.15) is 7.05 Å². The summed E-state index contributed by atoms with van der Waals surface area (Å²) in [6, 6.07) is 23.3. The Bertz CT molecular complexity index is 1090. The van der Waals surface area contributed by atoms with Crippen LogP contribution in [-0.2, 0) is 7.05 Å². The monoisotopic (exact) mass is 410 g/mol. The molecule has 1 aliphatic rings. The van der Waals surface area contributed by atoms with Crippen LogP contribution < -0.4 is 9.47 Å². The minimum atomic E-state index is 0.677. The van der Waals surface area contributed by atoms with Crippen molar-refractivity contribution in [2.75, 3.05) is 45.2 Å². The van der Waals surface area contributed by atoms with Gasteiger partial charge in [0.2, 0.25) is 0 Å². The maximum Gasteiger partial charge on any atom is 0.169 e. The number of allylic oxidation sites excluding steroid dienone is 1. The zero-order chi connectivity index (χ0) is 21.8. The number of nitrogens with zero attached hydrogens (tertiary/aromatic N) is 4. The highest BCUT2D eigenvalue weighted by atomic mass is 15.4. The molecule has 2 aromatic carbocycles. The van der Waals surface area contributed by atoms with Crippen molar-refractivity contribution in [3.63, 3.8) is 0 Å². The fourth-order valence-electron chi connectivity index (χ4n) is 3.93. The van der Waals surface area contributed by atoms with Gasteiger partial charge >= 0.3 is 0 Å². The number of nitriles is 1. The first-order valence-corrected chi connectivity index (χ1v) is 10.8. The molecule has 4 rings (SSSR count). The summed E-state index contributed by atoms with van der Waals surface area (Å²) in [4.78, 5) is 2.45. The first kappa shape index (κ1) is 20.8. The standard InChI is InChI=1S/C27H30N4/c1-29-14-12-25(13-15-29)23-6-8-24(9-7-23)26(21-28)20-22-4-10-27(11-5-22)30-16-18-31(2,3)19-17-30/h4-15,20H,16-19H2,1-3H3/q+2. The number of aromatic nitrogens is 1. The lowest BCUT2D eigenvalue weighted by Crippen LogP contribution is -2.54. The second kappa shape index (κ2) is 8.75. The minimum Gasteiger partial charge on any atom is -0.360 e. The Morgan fingerprint density at radius 3 is 2.06 bits per heavy atom. The van der Waals surface area contributed by atoms with Crippen LogP contribution in [-0.4, -0.2) is 44.8 Å². The fraction of sp³-hybridized carbons (Fsp3) is 0.259. The number of hydrogen-bond donors (Lipinski definition) is 0. The van der Waals surface area contributed by atoms with Crippen LogP contribution in [0.3, 0.4) is 0 Å². The Morgan fingerprint density at radius 2 is 1.48 bits per heavy atom. The zero-order valence-electron chi connectivity index (χ0n) is 18.6. The van der Waals surface area contributed by atoms with Crippen LogP contribution in [0.2, 0.25) is 0 Å². The van der Waals surface area contributed by atoms with Gasteiger partial charge in [-0.3, -0.25) is 0 Å². The third-order valence-corrected chi connectivity index (χ3v) is 6.15. The van der Waals surface area contributed by atoms with Crippen LogP contribution in [0.15, 0.2) is 73.1 Å². The molecule has 0 saturated carbocycles. The van der Waals surface area contributed by atoms with E-state index in [0.717, 1.165) is 47.4 Å². The molecular weight excluding hydrogens is 380 g/mol. The van der Waals surface area contributed by atoms with Crippen LogP contribution in [0.25, 0.3) is 22.8 Å². The van der Waals surface area contributed by atoms with Crippen LogP contribution in [0.4, 0.5) is 5.69 Å². The molecule has 2 heterocycles. The second-order valence-corrected chi connectivity index (χ2v) is 8.96. The second-order valence-electron chi connectivity index (χ2n) is 8.96. The summed E-state index contributed by atoms with van der Waals surface area (Å²) in [5, 5.41) is 9.73. The molecule has 0 atom stereocenters. The molecule has 156 valence electrons. The van der Waals surface area contributed by atoms with E-state index in [1.54, 1.807) is 0 Å². The van der Waals surface area contributed by atoms with E-state index < -0.39 is 0 Å². The van der Waals surface area contributed by atoms with Gasteiger partial charge in [-0.2, -0.15) is 5.26 Å². The largest absolute Gasteiger partial charge is 0.360 e. The van der Waals surface area contributed by atoms with E-state index in [2.05, 4.69) is 73.6 Å². The number of rotatable bonds is 4. The lowest BCUT2D eigenvalue weighted by atomic mass is 10.00. The number of benzene rings is 2. The van der Waals surface area contributed by atoms with Crippen LogP contribution in [0, 0.1) is 11.3 Å². The Morgan fingerprint density at radius 1 is 0.903 bits per heavy atom. The van der Waals surface area contributed by atoms with Crippen molar-refractivity contribution in [3.05, 3.63) is 84.2 Å². The molecule has 31 heavy (non-hydrogen) atoms. The lowest BCUT2D eigenvalue weighted by molar-refractivity contribution is -0.890. The number of likely N-dealkylation sites (N-methyl/N-ethyl adjacent to an activating group) is 1. The van der Waals surface area contributed by atoms with E-state index >= 15 is 0 Å². The Kier molecular flexibility index (Phi) is 5.88. The number of piperazine rings is 1. The maximum absolute atomic E-state index is 9.73. The number of hydrogen-bond acceptors (Lipinski definition) is 2.